The van der Waals surface area contributed by atoms with Crippen molar-refractivity contribution < 1.29 is 9.47 Å². The van der Waals surface area contributed by atoms with Crippen molar-refractivity contribution in [1.29, 1.82) is 0 Å². The molecule has 6 heteroatoms. The van der Waals surface area contributed by atoms with Crippen LogP contribution >= 0.6 is 0 Å². The Morgan fingerprint density at radius 2 is 1.85 bits per heavy atom. The molecule has 0 saturated heterocycles. The molecular weight excluding hydrogens is 256 g/mol. The van der Waals surface area contributed by atoms with Crippen LogP contribution in [-0.2, 0) is 6.42 Å². The molecule has 20 heavy (non-hydrogen) atoms. The van der Waals surface area contributed by atoms with Crippen LogP contribution in [0.25, 0.3) is 0 Å². The van der Waals surface area contributed by atoms with Gasteiger partial charge in [0.15, 0.2) is 5.82 Å². The normalized spacial score (nSPS) is 10.1. The highest BCUT2D eigenvalue weighted by Gasteiger charge is 2.07. The number of nitrogens with one attached hydrogen (secondary N) is 1. The van der Waals surface area contributed by atoms with Gasteiger partial charge in [0.1, 0.15) is 17.8 Å². The smallest absolute Gasteiger partial charge is 0.242 e. The molecule has 0 spiro atoms. The third-order valence-corrected chi connectivity index (χ3v) is 2.91. The van der Waals surface area contributed by atoms with Gasteiger partial charge in [0.05, 0.1) is 14.2 Å². The highest BCUT2D eigenvalue weighted by atomic mass is 16.5. The summed E-state index contributed by atoms with van der Waals surface area (Å²) in [6, 6.07) is 7.95. The molecule has 0 amide bonds. The van der Waals surface area contributed by atoms with Crippen molar-refractivity contribution in [2.24, 2.45) is 0 Å². The maximum atomic E-state index is 5.88. The molecule has 0 aliphatic carbocycles. The summed E-state index contributed by atoms with van der Waals surface area (Å²) >= 11 is 0. The van der Waals surface area contributed by atoms with E-state index in [2.05, 4.69) is 15.3 Å². The van der Waals surface area contributed by atoms with Crippen molar-refractivity contribution >= 4 is 11.5 Å². The van der Waals surface area contributed by atoms with Crippen molar-refractivity contribution in [3.63, 3.8) is 0 Å². The van der Waals surface area contributed by atoms with Crippen LogP contribution in [-0.4, -0.2) is 30.7 Å². The summed E-state index contributed by atoms with van der Waals surface area (Å²) in [6.45, 7) is 0.719. The van der Waals surface area contributed by atoms with Gasteiger partial charge in [0.2, 0.25) is 5.88 Å². The highest BCUT2D eigenvalue weighted by molar-refractivity contribution is 5.66. The van der Waals surface area contributed by atoms with Crippen LogP contribution in [0.5, 0.6) is 11.6 Å². The Morgan fingerprint density at radius 3 is 2.50 bits per heavy atom. The zero-order valence-corrected chi connectivity index (χ0v) is 11.6. The number of hydrogen-bond acceptors (Lipinski definition) is 6. The van der Waals surface area contributed by atoms with E-state index in [1.165, 1.54) is 19.0 Å². The van der Waals surface area contributed by atoms with Crippen LogP contribution in [0.3, 0.4) is 0 Å². The maximum absolute atomic E-state index is 5.88. The first-order valence-electron chi connectivity index (χ1n) is 6.26. The molecule has 0 atom stereocenters. The molecule has 0 saturated carbocycles. The molecule has 1 aromatic heterocycles. The molecule has 0 bridgehead atoms. The fourth-order valence-corrected chi connectivity index (χ4v) is 1.80. The van der Waals surface area contributed by atoms with Crippen molar-refractivity contribution in [3.05, 3.63) is 36.2 Å². The number of benzene rings is 1. The van der Waals surface area contributed by atoms with Gasteiger partial charge in [-0.15, -0.1) is 0 Å². The number of rotatable bonds is 6. The molecule has 0 fully saturated rings. The monoisotopic (exact) mass is 274 g/mol. The molecule has 0 aliphatic heterocycles. The molecule has 106 valence electrons. The van der Waals surface area contributed by atoms with Crippen LogP contribution in [0.4, 0.5) is 11.5 Å². The largest absolute Gasteiger partial charge is 0.497 e. The first-order valence-corrected chi connectivity index (χ1v) is 6.26. The van der Waals surface area contributed by atoms with E-state index >= 15 is 0 Å². The minimum absolute atomic E-state index is 0.381. The second-order valence-electron chi connectivity index (χ2n) is 4.17. The molecule has 0 unspecified atom stereocenters. The number of ether oxygens (including phenoxy) is 2. The predicted octanol–water partition coefficient (Wildman–Crippen LogP) is 1.73. The average Bonchev–Trinajstić information content (AvgIpc) is 2.49. The van der Waals surface area contributed by atoms with Crippen molar-refractivity contribution in [2.75, 3.05) is 31.8 Å². The SMILES string of the molecule is COc1ccc(CCNc2ncnc(OC)c2N)cc1. The van der Waals surface area contributed by atoms with Crippen molar-refractivity contribution in [1.82, 2.24) is 9.97 Å². The minimum Gasteiger partial charge on any atom is -0.497 e. The number of hydrogen-bond donors (Lipinski definition) is 2. The molecule has 0 radical (unpaired) electrons. The third kappa shape index (κ3) is 3.28. The Bertz CT molecular complexity index is 558. The Morgan fingerprint density at radius 1 is 1.10 bits per heavy atom. The van der Waals surface area contributed by atoms with Gasteiger partial charge in [-0.1, -0.05) is 12.1 Å². The van der Waals surface area contributed by atoms with E-state index in [-0.39, 0.29) is 0 Å². The Hall–Kier alpha value is -2.50. The fourth-order valence-electron chi connectivity index (χ4n) is 1.80. The lowest BCUT2D eigenvalue weighted by Crippen LogP contribution is -2.10. The van der Waals surface area contributed by atoms with Gasteiger partial charge in [-0.3, -0.25) is 0 Å². The minimum atomic E-state index is 0.381. The lowest BCUT2D eigenvalue weighted by Gasteiger charge is -2.10. The van der Waals surface area contributed by atoms with E-state index in [0.29, 0.717) is 17.4 Å². The molecule has 6 nitrogen and oxygen atoms in total. The molecule has 2 aromatic rings. The summed E-state index contributed by atoms with van der Waals surface area (Å²) in [5.74, 6) is 1.82. The zero-order chi connectivity index (χ0) is 14.4. The van der Waals surface area contributed by atoms with Crippen molar-refractivity contribution in [2.45, 2.75) is 6.42 Å². The first kappa shape index (κ1) is 13.9. The molecule has 2 rings (SSSR count). The average molecular weight is 274 g/mol. The third-order valence-electron chi connectivity index (χ3n) is 2.91. The number of anilines is 2. The number of nitrogens with zero attached hydrogens (tertiary/aromatic N) is 2. The van der Waals surface area contributed by atoms with Gasteiger partial charge in [-0.2, -0.15) is 4.98 Å². The summed E-state index contributed by atoms with van der Waals surface area (Å²) in [4.78, 5) is 8.03. The van der Waals surface area contributed by atoms with E-state index in [0.717, 1.165) is 18.7 Å². The molecule has 1 aromatic carbocycles. The lowest BCUT2D eigenvalue weighted by atomic mass is 10.1. The number of aromatic nitrogens is 2. The zero-order valence-electron chi connectivity index (χ0n) is 11.6. The first-order chi connectivity index (χ1) is 9.74. The second-order valence-corrected chi connectivity index (χ2v) is 4.17. The van der Waals surface area contributed by atoms with Gasteiger partial charge >= 0.3 is 0 Å². The lowest BCUT2D eigenvalue weighted by molar-refractivity contribution is 0.399. The molecule has 1 heterocycles. The summed E-state index contributed by atoms with van der Waals surface area (Å²) < 4.78 is 10.2. The van der Waals surface area contributed by atoms with E-state index in [1.54, 1.807) is 7.11 Å². The standard InChI is InChI=1S/C14H18N4O2/c1-19-11-5-3-10(4-6-11)7-8-16-13-12(15)14(20-2)18-9-17-13/h3-6,9H,7-8,15H2,1-2H3,(H,16,17,18). The highest BCUT2D eigenvalue weighted by Crippen LogP contribution is 2.23. The van der Waals surface area contributed by atoms with Gasteiger partial charge in [0, 0.05) is 6.54 Å². The Labute approximate surface area is 118 Å². The van der Waals surface area contributed by atoms with Gasteiger partial charge in [0.25, 0.3) is 0 Å². The van der Waals surface area contributed by atoms with Crippen LogP contribution in [0.15, 0.2) is 30.6 Å². The maximum Gasteiger partial charge on any atom is 0.242 e. The quantitative estimate of drug-likeness (QED) is 0.834. The fraction of sp³-hybridized carbons (Fsp3) is 0.286. The Balaban J connectivity index is 1.92. The van der Waals surface area contributed by atoms with E-state index in [4.69, 9.17) is 15.2 Å². The topological polar surface area (TPSA) is 82.3 Å². The van der Waals surface area contributed by atoms with Crippen LogP contribution in [0.1, 0.15) is 5.56 Å². The summed E-state index contributed by atoms with van der Waals surface area (Å²) in [6.07, 6.45) is 2.28. The molecule has 0 aliphatic rings. The van der Waals surface area contributed by atoms with E-state index in [9.17, 15) is 0 Å². The van der Waals surface area contributed by atoms with Gasteiger partial charge < -0.3 is 20.5 Å². The van der Waals surface area contributed by atoms with Gasteiger partial charge in [-0.05, 0) is 24.1 Å². The van der Waals surface area contributed by atoms with E-state index in [1.807, 2.05) is 24.3 Å². The van der Waals surface area contributed by atoms with E-state index < -0.39 is 0 Å². The number of methoxy groups -OCH3 is 2. The second kappa shape index (κ2) is 6.60. The van der Waals surface area contributed by atoms with Crippen LogP contribution < -0.4 is 20.5 Å². The van der Waals surface area contributed by atoms with Gasteiger partial charge in [-0.25, -0.2) is 4.98 Å². The number of nitrogen functional groups attached to an aromatic ring is 1. The molecule has 3 N–H and O–H groups in total. The summed E-state index contributed by atoms with van der Waals surface area (Å²) in [5, 5.41) is 3.18. The molecular formula is C14H18N4O2. The van der Waals surface area contributed by atoms with Crippen LogP contribution in [0, 0.1) is 0 Å². The van der Waals surface area contributed by atoms with Crippen LogP contribution in [0.2, 0.25) is 0 Å². The van der Waals surface area contributed by atoms with Crippen molar-refractivity contribution in [3.8, 4) is 11.6 Å². The summed E-state index contributed by atoms with van der Waals surface area (Å²) in [7, 11) is 3.18. The summed E-state index contributed by atoms with van der Waals surface area (Å²) in [5.41, 5.74) is 7.51. The number of nitrogens with two attached hydrogens (primary N) is 1. The predicted molar refractivity (Wildman–Crippen MR) is 78.2 cm³/mol. The Kier molecular flexibility index (Phi) is 4.60.